The van der Waals surface area contributed by atoms with Crippen LogP contribution in [0.25, 0.3) is 21.9 Å². The molecule has 6 rings (SSSR count). The summed E-state index contributed by atoms with van der Waals surface area (Å²) in [5, 5.41) is 24.7. The van der Waals surface area contributed by atoms with E-state index in [0.717, 1.165) is 45.0 Å². The van der Waals surface area contributed by atoms with Crippen LogP contribution in [0, 0.1) is 11.8 Å². The van der Waals surface area contributed by atoms with Gasteiger partial charge < -0.3 is 36.1 Å². The average Bonchev–Trinajstić information content (AvgIpc) is 3.87. The second kappa shape index (κ2) is 20.1. The second-order valence-corrected chi connectivity index (χ2v) is 16.0. The van der Waals surface area contributed by atoms with Gasteiger partial charge in [0.25, 0.3) is 0 Å². The van der Waals surface area contributed by atoms with Crippen molar-refractivity contribution in [3.63, 3.8) is 0 Å². The molecule has 5 aromatic rings. The summed E-state index contributed by atoms with van der Waals surface area (Å²) in [4.78, 5) is 62.2. The van der Waals surface area contributed by atoms with Gasteiger partial charge in [-0.3, -0.25) is 14.4 Å². The van der Waals surface area contributed by atoms with Crippen molar-refractivity contribution >= 4 is 34.6 Å². The molecule has 5 atom stereocenters. The van der Waals surface area contributed by atoms with Crippen molar-refractivity contribution in [2.75, 3.05) is 13.2 Å². The van der Waals surface area contributed by atoms with Gasteiger partial charge in [0.05, 0.1) is 24.9 Å². The third kappa shape index (κ3) is 11.1. The van der Waals surface area contributed by atoms with Crippen LogP contribution < -0.4 is 21.3 Å². The molecule has 0 spiro atoms. The minimum atomic E-state index is -1.17. The Balaban J connectivity index is 1.21. The first-order valence-corrected chi connectivity index (χ1v) is 20.6. The van der Waals surface area contributed by atoms with Crippen LogP contribution >= 0.6 is 0 Å². The summed E-state index contributed by atoms with van der Waals surface area (Å²) in [6, 6.07) is 26.7. The number of aromatic nitrogens is 2. The van der Waals surface area contributed by atoms with E-state index in [2.05, 4.69) is 43.4 Å². The Hall–Kier alpha value is -6.01. The summed E-state index contributed by atoms with van der Waals surface area (Å²) in [5.74, 6) is -1.28. The smallest absolute Gasteiger partial charge is 0.407 e. The molecule has 0 bridgehead atoms. The number of nitrogens with one attached hydrogen (secondary N) is 5. The molecule has 0 saturated carbocycles. The number of ether oxygens (including phenoxy) is 1. The highest BCUT2D eigenvalue weighted by Gasteiger charge is 2.33. The molecule has 59 heavy (non-hydrogen) atoms. The monoisotopic (exact) mass is 800 g/mol. The van der Waals surface area contributed by atoms with Gasteiger partial charge >= 0.3 is 6.09 Å². The van der Waals surface area contributed by atoms with Crippen molar-refractivity contribution in [1.29, 1.82) is 0 Å². The number of aromatic amines is 1. The lowest BCUT2D eigenvalue weighted by Gasteiger charge is -2.29. The average molecular weight is 801 g/mol. The largest absolute Gasteiger partial charge is 0.449 e. The summed E-state index contributed by atoms with van der Waals surface area (Å²) in [6.07, 6.45) is 2.37. The van der Waals surface area contributed by atoms with Gasteiger partial charge in [0, 0.05) is 37.2 Å². The van der Waals surface area contributed by atoms with E-state index < -0.39 is 42.1 Å². The van der Waals surface area contributed by atoms with Gasteiger partial charge in [0.2, 0.25) is 17.7 Å². The van der Waals surface area contributed by atoms with Crippen LogP contribution in [-0.4, -0.2) is 76.3 Å². The van der Waals surface area contributed by atoms with Crippen LogP contribution in [0.2, 0.25) is 0 Å². The zero-order chi connectivity index (χ0) is 41.9. The van der Waals surface area contributed by atoms with E-state index in [4.69, 9.17) is 4.74 Å². The number of carbonyl (C=O) groups excluding carboxylic acids is 4. The van der Waals surface area contributed by atoms with E-state index >= 15 is 0 Å². The van der Waals surface area contributed by atoms with Gasteiger partial charge in [-0.1, -0.05) is 125 Å². The van der Waals surface area contributed by atoms with Gasteiger partial charge in [-0.05, 0) is 56.8 Å². The second-order valence-electron chi connectivity index (χ2n) is 16.0. The molecule has 0 fully saturated rings. The van der Waals surface area contributed by atoms with E-state index in [1.807, 2.05) is 107 Å². The fraction of sp³-hybridized carbons (Fsp3) is 0.383. The summed E-state index contributed by atoms with van der Waals surface area (Å²) < 4.78 is 5.88. The van der Waals surface area contributed by atoms with Crippen LogP contribution in [0.15, 0.2) is 104 Å². The van der Waals surface area contributed by atoms with Crippen molar-refractivity contribution in [2.24, 2.45) is 11.8 Å². The highest BCUT2D eigenvalue weighted by Crippen LogP contribution is 2.44. The highest BCUT2D eigenvalue weighted by molar-refractivity contribution is 5.93. The number of nitrogens with zero attached hydrogens (tertiary/aromatic N) is 1. The molecule has 0 saturated heterocycles. The first-order valence-electron chi connectivity index (χ1n) is 20.6. The molecule has 1 heterocycles. The number of imidazole rings is 1. The molecule has 12 heteroatoms. The lowest BCUT2D eigenvalue weighted by atomic mass is 9.96. The molecule has 310 valence electrons. The number of H-pyrrole nitrogens is 1. The lowest BCUT2D eigenvalue weighted by Crippen LogP contribution is -2.57. The Morgan fingerprint density at radius 2 is 1.44 bits per heavy atom. The number of benzene rings is 4. The van der Waals surface area contributed by atoms with Crippen molar-refractivity contribution in [2.45, 2.75) is 89.9 Å². The molecule has 6 N–H and O–H groups in total. The third-order valence-electron chi connectivity index (χ3n) is 11.1. The summed E-state index contributed by atoms with van der Waals surface area (Å²) >= 11 is 0. The van der Waals surface area contributed by atoms with Gasteiger partial charge in [-0.15, -0.1) is 0 Å². The van der Waals surface area contributed by atoms with Crippen molar-refractivity contribution < 1.29 is 29.0 Å². The maximum atomic E-state index is 14.5. The summed E-state index contributed by atoms with van der Waals surface area (Å²) in [5.41, 5.74) is 5.73. The zero-order valence-electron chi connectivity index (χ0n) is 34.2. The molecule has 4 aromatic carbocycles. The van der Waals surface area contributed by atoms with Gasteiger partial charge in [-0.2, -0.15) is 0 Å². The molecule has 0 aliphatic heterocycles. The van der Waals surface area contributed by atoms with Crippen molar-refractivity contribution in [3.8, 4) is 11.1 Å². The van der Waals surface area contributed by atoms with Crippen LogP contribution in [0.3, 0.4) is 0 Å². The topological polar surface area (TPSA) is 175 Å². The Morgan fingerprint density at radius 3 is 2.12 bits per heavy atom. The van der Waals surface area contributed by atoms with Crippen LogP contribution in [0.1, 0.15) is 75.3 Å². The molecule has 1 aliphatic rings. The minimum Gasteiger partial charge on any atom is -0.449 e. The standard InChI is InChI=1S/C47H56N6O6/c1-5-30(4)25-49-44(55)24-43(54)40(21-29(2)3)51-46(57)42(23-33-26-48-28-50-33)52-45(56)41(22-32-15-12-14-31-13-6-7-16-34(31)32)53-47(58)59-27-39-37-19-10-8-17-35(37)36-18-9-11-20-38(36)39/h6-20,26,28-30,39-43,54H,5,21-25,27H2,1-4H3,(H,48,50)(H,49,55)(H,51,57)(H,52,56)(H,53,58)/t30?,40?,41-,42-,43?/m0/s1. The maximum Gasteiger partial charge on any atom is 0.407 e. The quantitative estimate of drug-likeness (QED) is 0.0578. The predicted molar refractivity (Wildman–Crippen MR) is 228 cm³/mol. The van der Waals surface area contributed by atoms with Crippen molar-refractivity contribution in [3.05, 3.63) is 126 Å². The van der Waals surface area contributed by atoms with E-state index in [1.54, 1.807) is 6.20 Å². The maximum absolute atomic E-state index is 14.5. The number of hydrogen-bond acceptors (Lipinski definition) is 7. The number of aliphatic hydroxyl groups excluding tert-OH is 1. The molecule has 1 aromatic heterocycles. The SMILES string of the molecule is CCC(C)CNC(=O)CC(O)C(CC(C)C)NC(=O)[C@H](Cc1cnc[nH]1)NC(=O)[C@H](Cc1cccc2ccccc12)NC(=O)OCC1c2ccccc2-c2ccccc21. The number of hydrogen-bond donors (Lipinski definition) is 6. The number of alkyl carbamates (subject to hydrolysis) is 1. The highest BCUT2D eigenvalue weighted by atomic mass is 16.5. The zero-order valence-corrected chi connectivity index (χ0v) is 34.2. The molecule has 12 nitrogen and oxygen atoms in total. The van der Waals surface area contributed by atoms with E-state index in [1.165, 1.54) is 6.33 Å². The first kappa shape index (κ1) is 42.6. The normalized spacial score (nSPS) is 14.7. The number of fused-ring (bicyclic) bond motifs is 4. The predicted octanol–water partition coefficient (Wildman–Crippen LogP) is 6.18. The van der Waals surface area contributed by atoms with Gasteiger partial charge in [-0.25, -0.2) is 9.78 Å². The minimum absolute atomic E-state index is 0.0450. The van der Waals surface area contributed by atoms with Crippen LogP contribution in [-0.2, 0) is 32.0 Å². The summed E-state index contributed by atoms with van der Waals surface area (Å²) in [6.45, 7) is 8.56. The lowest BCUT2D eigenvalue weighted by molar-refractivity contribution is -0.131. The molecule has 3 unspecified atom stereocenters. The molecular weight excluding hydrogens is 745 g/mol. The fourth-order valence-corrected chi connectivity index (χ4v) is 7.72. The number of amides is 4. The van der Waals surface area contributed by atoms with Gasteiger partial charge in [0.1, 0.15) is 18.7 Å². The number of carbonyl (C=O) groups is 4. The molecule has 4 amide bonds. The van der Waals surface area contributed by atoms with E-state index in [0.29, 0.717) is 18.7 Å². The molecule has 1 aliphatic carbocycles. The summed E-state index contributed by atoms with van der Waals surface area (Å²) in [7, 11) is 0. The number of aliphatic hydroxyl groups is 1. The van der Waals surface area contributed by atoms with E-state index in [9.17, 15) is 24.3 Å². The van der Waals surface area contributed by atoms with Gasteiger partial charge in [0.15, 0.2) is 0 Å². The Kier molecular flexibility index (Phi) is 14.5. The molecular formula is C47H56N6O6. The van der Waals surface area contributed by atoms with E-state index in [-0.39, 0.29) is 49.5 Å². The Labute approximate surface area is 345 Å². The molecule has 0 radical (unpaired) electrons. The Morgan fingerprint density at radius 1 is 0.797 bits per heavy atom. The first-order chi connectivity index (χ1) is 28.5. The fourth-order valence-electron chi connectivity index (χ4n) is 7.72. The van der Waals surface area contributed by atoms with Crippen LogP contribution in [0.4, 0.5) is 4.79 Å². The Bertz CT molecular complexity index is 2160. The van der Waals surface area contributed by atoms with Crippen LogP contribution in [0.5, 0.6) is 0 Å². The van der Waals surface area contributed by atoms with Crippen molar-refractivity contribution in [1.82, 2.24) is 31.2 Å². The number of rotatable bonds is 19. The third-order valence-corrected chi connectivity index (χ3v) is 11.1.